The summed E-state index contributed by atoms with van der Waals surface area (Å²) < 4.78 is 6.96. The summed E-state index contributed by atoms with van der Waals surface area (Å²) in [5.74, 6) is 1.77. The van der Waals surface area contributed by atoms with E-state index >= 15 is 0 Å². The van der Waals surface area contributed by atoms with Crippen molar-refractivity contribution in [1.82, 2.24) is 19.7 Å². The highest BCUT2D eigenvalue weighted by Crippen LogP contribution is 2.20. The third kappa shape index (κ3) is 2.88. The van der Waals surface area contributed by atoms with Crippen molar-refractivity contribution < 1.29 is 9.21 Å². The number of nitrogens with zero attached hydrogens (tertiary/aromatic N) is 4. The molecule has 22 heavy (non-hydrogen) atoms. The van der Waals surface area contributed by atoms with Gasteiger partial charge < -0.3 is 9.73 Å². The number of nitrogens with one attached hydrogen (secondary N) is 1. The summed E-state index contributed by atoms with van der Waals surface area (Å²) in [4.78, 5) is 20.4. The highest BCUT2D eigenvalue weighted by atomic mass is 16.3. The molecule has 0 radical (unpaired) electrons. The SMILES string of the molecule is CCC(=O)Nc1cc(-n2ccc(C)n2)nc(-c2ccco2)n1. The van der Waals surface area contributed by atoms with Gasteiger partial charge in [-0.25, -0.2) is 14.6 Å². The fourth-order valence-electron chi connectivity index (χ4n) is 1.91. The number of amides is 1. The molecule has 7 heteroatoms. The van der Waals surface area contributed by atoms with Crippen LogP contribution in [0.15, 0.2) is 41.1 Å². The molecule has 3 rings (SSSR count). The first-order valence-corrected chi connectivity index (χ1v) is 6.91. The van der Waals surface area contributed by atoms with Gasteiger partial charge in [-0.3, -0.25) is 4.79 Å². The second-order valence-corrected chi connectivity index (χ2v) is 4.72. The standard InChI is InChI=1S/C15H15N5O2/c1-3-14(21)16-12-9-13(20-7-6-10(2)19-20)18-15(17-12)11-5-4-8-22-11/h4-9H,3H2,1-2H3,(H,16,17,18,21). The van der Waals surface area contributed by atoms with E-state index < -0.39 is 0 Å². The summed E-state index contributed by atoms with van der Waals surface area (Å²) in [5.41, 5.74) is 0.873. The summed E-state index contributed by atoms with van der Waals surface area (Å²) >= 11 is 0. The molecule has 0 atom stereocenters. The maximum Gasteiger partial charge on any atom is 0.225 e. The van der Waals surface area contributed by atoms with Crippen molar-refractivity contribution in [3.63, 3.8) is 0 Å². The lowest BCUT2D eigenvalue weighted by molar-refractivity contribution is -0.115. The molecule has 0 saturated heterocycles. The van der Waals surface area contributed by atoms with Crippen LogP contribution in [0.2, 0.25) is 0 Å². The first kappa shape index (κ1) is 14.0. The first-order chi connectivity index (χ1) is 10.7. The molecule has 112 valence electrons. The second-order valence-electron chi connectivity index (χ2n) is 4.72. The molecule has 0 aromatic carbocycles. The molecule has 0 aliphatic heterocycles. The normalized spacial score (nSPS) is 10.6. The van der Waals surface area contributed by atoms with E-state index in [1.54, 1.807) is 42.3 Å². The van der Waals surface area contributed by atoms with Crippen molar-refractivity contribution in [2.45, 2.75) is 20.3 Å². The fourth-order valence-corrected chi connectivity index (χ4v) is 1.91. The maximum atomic E-state index is 11.6. The van der Waals surface area contributed by atoms with Gasteiger partial charge in [0.1, 0.15) is 5.82 Å². The number of carbonyl (C=O) groups is 1. The number of carbonyl (C=O) groups excluding carboxylic acids is 1. The molecule has 1 N–H and O–H groups in total. The number of hydrogen-bond donors (Lipinski definition) is 1. The zero-order chi connectivity index (χ0) is 15.5. The maximum absolute atomic E-state index is 11.6. The van der Waals surface area contributed by atoms with Crippen LogP contribution in [0, 0.1) is 6.92 Å². The highest BCUT2D eigenvalue weighted by molar-refractivity contribution is 5.89. The predicted molar refractivity (Wildman–Crippen MR) is 80.5 cm³/mol. The van der Waals surface area contributed by atoms with E-state index in [4.69, 9.17) is 4.42 Å². The minimum Gasteiger partial charge on any atom is -0.461 e. The number of aryl methyl sites for hydroxylation is 1. The van der Waals surface area contributed by atoms with Gasteiger partial charge in [0, 0.05) is 18.7 Å². The number of hydrogen-bond acceptors (Lipinski definition) is 5. The number of aromatic nitrogens is 4. The van der Waals surface area contributed by atoms with Gasteiger partial charge in [0.2, 0.25) is 5.91 Å². The van der Waals surface area contributed by atoms with Crippen LogP contribution in [0.3, 0.4) is 0 Å². The van der Waals surface area contributed by atoms with Crippen LogP contribution in [0.4, 0.5) is 5.82 Å². The Balaban J connectivity index is 2.07. The van der Waals surface area contributed by atoms with E-state index in [0.717, 1.165) is 5.69 Å². The van der Waals surface area contributed by atoms with Crippen LogP contribution in [0.25, 0.3) is 17.4 Å². The number of anilines is 1. The van der Waals surface area contributed by atoms with E-state index in [-0.39, 0.29) is 5.91 Å². The summed E-state index contributed by atoms with van der Waals surface area (Å²) in [5, 5.41) is 7.06. The van der Waals surface area contributed by atoms with Crippen LogP contribution in [-0.4, -0.2) is 25.7 Å². The molecule has 1 amide bonds. The van der Waals surface area contributed by atoms with Gasteiger partial charge in [0.15, 0.2) is 17.4 Å². The van der Waals surface area contributed by atoms with Crippen molar-refractivity contribution in [3.05, 3.63) is 42.4 Å². The molecule has 7 nitrogen and oxygen atoms in total. The van der Waals surface area contributed by atoms with E-state index in [2.05, 4.69) is 20.4 Å². The Bertz CT molecular complexity index is 792. The molecule has 0 saturated carbocycles. The Morgan fingerprint density at radius 1 is 1.36 bits per heavy atom. The summed E-state index contributed by atoms with van der Waals surface area (Å²) in [6.45, 7) is 3.67. The van der Waals surface area contributed by atoms with E-state index in [9.17, 15) is 4.79 Å². The average molecular weight is 297 g/mol. The number of furan rings is 1. The van der Waals surface area contributed by atoms with Crippen LogP contribution in [0.1, 0.15) is 19.0 Å². The van der Waals surface area contributed by atoms with Gasteiger partial charge in [-0.2, -0.15) is 5.10 Å². The molecule has 0 unspecified atom stereocenters. The van der Waals surface area contributed by atoms with Crippen molar-refractivity contribution in [3.8, 4) is 17.4 Å². The lowest BCUT2D eigenvalue weighted by Gasteiger charge is -2.08. The van der Waals surface area contributed by atoms with Gasteiger partial charge in [0.25, 0.3) is 0 Å². The van der Waals surface area contributed by atoms with Gasteiger partial charge >= 0.3 is 0 Å². The molecule has 0 aliphatic carbocycles. The van der Waals surface area contributed by atoms with Gasteiger partial charge in [0.05, 0.1) is 12.0 Å². The molecule has 0 spiro atoms. The van der Waals surface area contributed by atoms with Crippen molar-refractivity contribution in [1.29, 1.82) is 0 Å². The van der Waals surface area contributed by atoms with E-state index in [1.165, 1.54) is 0 Å². The first-order valence-electron chi connectivity index (χ1n) is 6.91. The van der Waals surface area contributed by atoms with Gasteiger partial charge in [-0.15, -0.1) is 0 Å². The van der Waals surface area contributed by atoms with Gasteiger partial charge in [-0.1, -0.05) is 6.92 Å². The summed E-state index contributed by atoms with van der Waals surface area (Å²) in [7, 11) is 0. The van der Waals surface area contributed by atoms with Crippen LogP contribution in [-0.2, 0) is 4.79 Å². The monoisotopic (exact) mass is 297 g/mol. The minimum absolute atomic E-state index is 0.119. The second kappa shape index (κ2) is 5.80. The molecular formula is C15H15N5O2. The number of rotatable bonds is 4. The summed E-state index contributed by atoms with van der Waals surface area (Å²) in [6, 6.07) is 7.07. The third-order valence-corrected chi connectivity index (χ3v) is 3.00. The molecule has 3 aromatic heterocycles. The third-order valence-electron chi connectivity index (χ3n) is 3.00. The van der Waals surface area contributed by atoms with Crippen molar-refractivity contribution in [2.75, 3.05) is 5.32 Å². The fraction of sp³-hybridized carbons (Fsp3) is 0.200. The topological polar surface area (TPSA) is 85.8 Å². The smallest absolute Gasteiger partial charge is 0.225 e. The predicted octanol–water partition coefficient (Wildman–Crippen LogP) is 2.58. The lowest BCUT2D eigenvalue weighted by Crippen LogP contribution is -2.12. The minimum atomic E-state index is -0.119. The van der Waals surface area contributed by atoms with Crippen molar-refractivity contribution in [2.24, 2.45) is 0 Å². The molecule has 0 bridgehead atoms. The average Bonchev–Trinajstić information content (AvgIpc) is 3.18. The molecule has 0 aliphatic rings. The highest BCUT2D eigenvalue weighted by Gasteiger charge is 2.12. The Labute approximate surface area is 127 Å². The quantitative estimate of drug-likeness (QED) is 0.800. The van der Waals surface area contributed by atoms with Crippen molar-refractivity contribution >= 4 is 11.7 Å². The zero-order valence-corrected chi connectivity index (χ0v) is 12.3. The lowest BCUT2D eigenvalue weighted by atomic mass is 10.4. The molecule has 0 fully saturated rings. The van der Waals surface area contributed by atoms with Crippen LogP contribution in [0.5, 0.6) is 0 Å². The van der Waals surface area contributed by atoms with Crippen LogP contribution < -0.4 is 5.32 Å². The summed E-state index contributed by atoms with van der Waals surface area (Å²) in [6.07, 6.45) is 3.72. The Morgan fingerprint density at radius 3 is 2.86 bits per heavy atom. The molecule has 3 heterocycles. The Hall–Kier alpha value is -2.96. The van der Waals surface area contributed by atoms with Gasteiger partial charge in [-0.05, 0) is 25.1 Å². The Morgan fingerprint density at radius 2 is 2.23 bits per heavy atom. The molecule has 3 aromatic rings. The van der Waals surface area contributed by atoms with E-state index in [0.29, 0.717) is 29.6 Å². The van der Waals surface area contributed by atoms with E-state index in [1.807, 2.05) is 13.0 Å². The van der Waals surface area contributed by atoms with Crippen LogP contribution >= 0.6 is 0 Å². The zero-order valence-electron chi connectivity index (χ0n) is 12.3. The Kier molecular flexibility index (Phi) is 3.69. The largest absolute Gasteiger partial charge is 0.461 e. The molecular weight excluding hydrogens is 282 g/mol.